The molecule has 2 saturated carbocycles. The largest absolute Gasteiger partial charge is 0.309 e. The average Bonchev–Trinajstić information content (AvgIpc) is 2.78. The van der Waals surface area contributed by atoms with E-state index in [0.29, 0.717) is 5.92 Å². The molecule has 0 radical (unpaired) electrons. The van der Waals surface area contributed by atoms with Crippen molar-refractivity contribution in [3.8, 4) is 0 Å². The first-order chi connectivity index (χ1) is 15.2. The van der Waals surface area contributed by atoms with Crippen LogP contribution in [-0.4, -0.2) is 0 Å². The maximum absolute atomic E-state index is 2.49. The van der Waals surface area contributed by atoms with Crippen molar-refractivity contribution in [3.05, 3.63) is 95.6 Å². The predicted octanol–water partition coefficient (Wildman–Crippen LogP) is 8.36. The molecule has 2 aliphatic carbocycles. The minimum absolute atomic E-state index is 0.663. The van der Waals surface area contributed by atoms with E-state index in [0.717, 1.165) is 17.8 Å². The van der Waals surface area contributed by atoms with Gasteiger partial charge in [-0.2, -0.15) is 0 Å². The normalized spacial score (nSPS) is 27.0. The van der Waals surface area contributed by atoms with E-state index in [2.05, 4.69) is 97.6 Å². The first-order valence-corrected chi connectivity index (χ1v) is 12.0. The monoisotopic (exact) mass is 405 g/mol. The molecular formula is C30H31N. The Bertz CT molecular complexity index is 1090. The van der Waals surface area contributed by atoms with Gasteiger partial charge in [0.1, 0.15) is 0 Å². The van der Waals surface area contributed by atoms with Crippen molar-refractivity contribution in [2.75, 3.05) is 4.90 Å². The van der Waals surface area contributed by atoms with E-state index in [1.807, 2.05) is 0 Å². The molecule has 1 heterocycles. The maximum Gasteiger partial charge on any atom is 0.0540 e. The fourth-order valence-electron chi connectivity index (χ4n) is 6.87. The second-order valence-corrected chi connectivity index (χ2v) is 10.0. The van der Waals surface area contributed by atoms with Crippen LogP contribution in [0.4, 0.5) is 17.1 Å². The summed E-state index contributed by atoms with van der Waals surface area (Å²) in [4.78, 5) is 2.45. The SMILES string of the molecule is CC1CC2CC(C)C(=C3c4ccccc4N(c4ccccc4)c4ccccc43)C(C1)C2. The van der Waals surface area contributed by atoms with Gasteiger partial charge in [-0.15, -0.1) is 0 Å². The van der Waals surface area contributed by atoms with Crippen molar-refractivity contribution in [2.24, 2.45) is 23.7 Å². The molecule has 156 valence electrons. The van der Waals surface area contributed by atoms with Gasteiger partial charge in [0, 0.05) is 16.8 Å². The van der Waals surface area contributed by atoms with Crippen LogP contribution in [0.3, 0.4) is 0 Å². The Hall–Kier alpha value is -2.80. The fourth-order valence-corrected chi connectivity index (χ4v) is 6.87. The number of allylic oxidation sites excluding steroid dienone is 1. The Morgan fingerprint density at radius 2 is 1.26 bits per heavy atom. The van der Waals surface area contributed by atoms with Crippen LogP contribution in [0.1, 0.15) is 50.7 Å². The summed E-state index contributed by atoms with van der Waals surface area (Å²) in [5, 5.41) is 0. The van der Waals surface area contributed by atoms with Gasteiger partial charge in [-0.05, 0) is 79.2 Å². The van der Waals surface area contributed by atoms with Crippen LogP contribution in [-0.2, 0) is 0 Å². The highest BCUT2D eigenvalue weighted by Gasteiger charge is 2.40. The first kappa shape index (κ1) is 18.9. The van der Waals surface area contributed by atoms with Crippen LogP contribution in [0.25, 0.3) is 5.57 Å². The number of hydrogen-bond donors (Lipinski definition) is 0. The lowest BCUT2D eigenvalue weighted by atomic mass is 9.61. The molecule has 6 rings (SSSR count). The van der Waals surface area contributed by atoms with Gasteiger partial charge in [0.05, 0.1) is 11.4 Å². The Morgan fingerprint density at radius 1 is 0.645 bits per heavy atom. The molecule has 2 bridgehead atoms. The lowest BCUT2D eigenvalue weighted by Gasteiger charge is -2.45. The highest BCUT2D eigenvalue weighted by molar-refractivity contribution is 6.02. The molecule has 1 nitrogen and oxygen atoms in total. The van der Waals surface area contributed by atoms with E-state index in [-0.39, 0.29) is 0 Å². The highest BCUT2D eigenvalue weighted by atomic mass is 15.2. The molecule has 4 atom stereocenters. The van der Waals surface area contributed by atoms with Crippen LogP contribution >= 0.6 is 0 Å². The van der Waals surface area contributed by atoms with E-state index in [1.54, 1.807) is 5.57 Å². The van der Waals surface area contributed by atoms with Gasteiger partial charge in [-0.1, -0.05) is 74.0 Å². The second-order valence-electron chi connectivity index (χ2n) is 10.0. The van der Waals surface area contributed by atoms with Crippen LogP contribution in [0.2, 0.25) is 0 Å². The van der Waals surface area contributed by atoms with Crippen LogP contribution in [0.15, 0.2) is 84.4 Å². The van der Waals surface area contributed by atoms with Gasteiger partial charge in [0.2, 0.25) is 0 Å². The number of anilines is 3. The summed E-state index contributed by atoms with van der Waals surface area (Å²) < 4.78 is 0. The summed E-state index contributed by atoms with van der Waals surface area (Å²) in [7, 11) is 0. The highest BCUT2D eigenvalue weighted by Crippen LogP contribution is 2.55. The van der Waals surface area contributed by atoms with Crippen LogP contribution in [0.5, 0.6) is 0 Å². The van der Waals surface area contributed by atoms with Crippen molar-refractivity contribution in [1.82, 2.24) is 0 Å². The maximum atomic E-state index is 2.49. The van der Waals surface area contributed by atoms with Crippen molar-refractivity contribution in [3.63, 3.8) is 0 Å². The molecule has 3 aromatic carbocycles. The second kappa shape index (κ2) is 7.41. The van der Waals surface area contributed by atoms with E-state index >= 15 is 0 Å². The van der Waals surface area contributed by atoms with Crippen molar-refractivity contribution >= 4 is 22.6 Å². The van der Waals surface area contributed by atoms with Crippen molar-refractivity contribution in [2.45, 2.75) is 39.5 Å². The third-order valence-electron chi connectivity index (χ3n) is 7.83. The van der Waals surface area contributed by atoms with E-state index < -0.39 is 0 Å². The summed E-state index contributed by atoms with van der Waals surface area (Å²) in [6, 6.07) is 29.0. The molecular weight excluding hydrogens is 374 g/mol. The van der Waals surface area contributed by atoms with Gasteiger partial charge in [0.15, 0.2) is 0 Å². The standard InChI is InChI=1S/C30H31N/c1-20-16-22-18-21(2)29(23(17-20)19-22)30-25-12-6-8-14-27(25)31(24-10-4-3-5-11-24)28-15-9-7-13-26(28)30/h3-15,20-23H,16-19H2,1-2H3. The molecule has 0 amide bonds. The van der Waals surface area contributed by atoms with Gasteiger partial charge in [0.25, 0.3) is 0 Å². The summed E-state index contributed by atoms with van der Waals surface area (Å²) in [6.07, 6.45) is 5.53. The number of hydrogen-bond acceptors (Lipinski definition) is 1. The average molecular weight is 406 g/mol. The van der Waals surface area contributed by atoms with Gasteiger partial charge >= 0.3 is 0 Å². The summed E-state index contributed by atoms with van der Waals surface area (Å²) in [6.45, 7) is 4.96. The van der Waals surface area contributed by atoms with Gasteiger partial charge in [-0.25, -0.2) is 0 Å². The van der Waals surface area contributed by atoms with Gasteiger partial charge in [-0.3, -0.25) is 0 Å². The fraction of sp³-hybridized carbons (Fsp3) is 0.333. The zero-order chi connectivity index (χ0) is 20.9. The van der Waals surface area contributed by atoms with Gasteiger partial charge < -0.3 is 4.90 Å². The Kier molecular flexibility index (Phi) is 4.52. The molecule has 1 aliphatic heterocycles. The molecule has 1 heteroatoms. The molecule has 3 aliphatic rings. The first-order valence-electron chi connectivity index (χ1n) is 12.0. The number of para-hydroxylation sites is 3. The smallest absolute Gasteiger partial charge is 0.0540 e. The summed E-state index contributed by atoms with van der Waals surface area (Å²) >= 11 is 0. The summed E-state index contributed by atoms with van der Waals surface area (Å²) in [5.41, 5.74) is 9.93. The summed E-state index contributed by atoms with van der Waals surface area (Å²) in [5.74, 6) is 3.16. The molecule has 0 N–H and O–H groups in total. The predicted molar refractivity (Wildman–Crippen MR) is 131 cm³/mol. The van der Waals surface area contributed by atoms with Crippen molar-refractivity contribution < 1.29 is 0 Å². The third kappa shape index (κ3) is 3.05. The molecule has 2 fully saturated rings. The zero-order valence-corrected chi connectivity index (χ0v) is 18.6. The quantitative estimate of drug-likeness (QED) is 0.307. The van der Waals surface area contributed by atoms with E-state index in [4.69, 9.17) is 0 Å². The molecule has 3 aromatic rings. The molecule has 0 aromatic heterocycles. The van der Waals surface area contributed by atoms with E-state index in [9.17, 15) is 0 Å². The lowest BCUT2D eigenvalue weighted by Crippen LogP contribution is -2.33. The van der Waals surface area contributed by atoms with E-state index in [1.165, 1.54) is 59.4 Å². The number of fused-ring (bicyclic) bond motifs is 4. The lowest BCUT2D eigenvalue weighted by molar-refractivity contribution is 0.163. The van der Waals surface area contributed by atoms with Crippen molar-refractivity contribution in [1.29, 1.82) is 0 Å². The Labute approximate surface area is 186 Å². The number of rotatable bonds is 1. The third-order valence-corrected chi connectivity index (χ3v) is 7.83. The molecule has 31 heavy (non-hydrogen) atoms. The number of benzene rings is 3. The molecule has 0 saturated heterocycles. The minimum atomic E-state index is 0.663. The van der Waals surface area contributed by atoms with Crippen LogP contribution < -0.4 is 4.90 Å². The molecule has 4 unspecified atom stereocenters. The Balaban J connectivity index is 1.63. The minimum Gasteiger partial charge on any atom is -0.309 e. The Morgan fingerprint density at radius 3 is 1.94 bits per heavy atom. The number of nitrogens with zero attached hydrogens (tertiary/aromatic N) is 1. The van der Waals surface area contributed by atoms with Crippen LogP contribution in [0, 0.1) is 23.7 Å². The zero-order valence-electron chi connectivity index (χ0n) is 18.6. The topological polar surface area (TPSA) is 3.24 Å². The molecule has 0 spiro atoms.